The van der Waals surface area contributed by atoms with Gasteiger partial charge < -0.3 is 9.52 Å². The number of nitrogens with two attached hydrogens (primary N) is 1. The average molecular weight is 241 g/mol. The molecule has 0 saturated carbocycles. The summed E-state index contributed by atoms with van der Waals surface area (Å²) in [7, 11) is 0. The topological polar surface area (TPSA) is 91.7 Å². The minimum atomic E-state index is -0.450. The van der Waals surface area contributed by atoms with Crippen LogP contribution in [0.2, 0.25) is 0 Å². The zero-order valence-electron chi connectivity index (χ0n) is 10.1. The monoisotopic (exact) mass is 241 g/mol. The van der Waals surface area contributed by atoms with E-state index in [9.17, 15) is 4.79 Å². The van der Waals surface area contributed by atoms with Crippen LogP contribution < -0.4 is 11.3 Å². The summed E-state index contributed by atoms with van der Waals surface area (Å²) in [5.41, 5.74) is 2.01. The summed E-state index contributed by atoms with van der Waals surface area (Å²) in [6.45, 7) is 5.28. The first-order chi connectivity index (χ1) is 8.08. The van der Waals surface area contributed by atoms with Crippen molar-refractivity contribution in [3.8, 4) is 0 Å². The molecule has 6 heteroatoms. The van der Waals surface area contributed by atoms with Crippen molar-refractivity contribution in [1.82, 2.24) is 10.3 Å². The summed E-state index contributed by atoms with van der Waals surface area (Å²) in [6.07, 6.45) is 0. The standard InChI is InChI=1S/C11H19N3O3/c1-8(2)14(5-6-15)7-9-3-4-10(17-9)11(16)13-12/h3-4,8,15H,5-7,12H2,1-2H3,(H,13,16). The highest BCUT2D eigenvalue weighted by molar-refractivity contribution is 5.90. The fourth-order valence-corrected chi connectivity index (χ4v) is 1.50. The molecule has 0 saturated heterocycles. The van der Waals surface area contributed by atoms with Crippen LogP contribution in [0, 0.1) is 0 Å². The van der Waals surface area contributed by atoms with Gasteiger partial charge in [-0.2, -0.15) is 0 Å². The van der Waals surface area contributed by atoms with Crippen LogP contribution in [-0.4, -0.2) is 35.1 Å². The van der Waals surface area contributed by atoms with Crippen LogP contribution in [0.4, 0.5) is 0 Å². The number of aliphatic hydroxyl groups excluding tert-OH is 1. The molecule has 0 radical (unpaired) electrons. The third kappa shape index (κ3) is 3.85. The molecule has 1 rings (SSSR count). The summed E-state index contributed by atoms with van der Waals surface area (Å²) in [6, 6.07) is 3.60. The smallest absolute Gasteiger partial charge is 0.300 e. The van der Waals surface area contributed by atoms with Gasteiger partial charge in [-0.15, -0.1) is 0 Å². The molecule has 0 aromatic carbocycles. The molecule has 0 unspecified atom stereocenters. The molecule has 0 aliphatic carbocycles. The van der Waals surface area contributed by atoms with Gasteiger partial charge in [0, 0.05) is 12.6 Å². The van der Waals surface area contributed by atoms with Crippen LogP contribution in [-0.2, 0) is 6.54 Å². The molecule has 0 spiro atoms. The minimum absolute atomic E-state index is 0.0923. The van der Waals surface area contributed by atoms with Gasteiger partial charge in [0.05, 0.1) is 13.2 Å². The van der Waals surface area contributed by atoms with E-state index in [-0.39, 0.29) is 12.4 Å². The zero-order valence-corrected chi connectivity index (χ0v) is 10.1. The first kappa shape index (κ1) is 13.7. The lowest BCUT2D eigenvalue weighted by atomic mass is 10.3. The molecule has 0 atom stereocenters. The Balaban J connectivity index is 2.66. The summed E-state index contributed by atoms with van der Waals surface area (Å²) in [4.78, 5) is 13.2. The molecule has 1 heterocycles. The van der Waals surface area contributed by atoms with E-state index in [1.165, 1.54) is 0 Å². The van der Waals surface area contributed by atoms with Crippen LogP contribution in [0.15, 0.2) is 16.5 Å². The van der Waals surface area contributed by atoms with Crippen molar-refractivity contribution >= 4 is 5.91 Å². The fraction of sp³-hybridized carbons (Fsp3) is 0.545. The Morgan fingerprint density at radius 1 is 1.59 bits per heavy atom. The molecule has 6 nitrogen and oxygen atoms in total. The third-order valence-electron chi connectivity index (χ3n) is 2.49. The Kier molecular flexibility index (Phi) is 5.14. The maximum Gasteiger partial charge on any atom is 0.300 e. The van der Waals surface area contributed by atoms with Crippen LogP contribution in [0.1, 0.15) is 30.2 Å². The van der Waals surface area contributed by atoms with Gasteiger partial charge in [0.15, 0.2) is 5.76 Å². The maximum atomic E-state index is 11.2. The largest absolute Gasteiger partial charge is 0.455 e. The molecule has 0 fully saturated rings. The van der Waals surface area contributed by atoms with Crippen molar-refractivity contribution in [3.05, 3.63) is 23.7 Å². The predicted octanol–water partition coefficient (Wildman–Crippen LogP) is 0.0858. The van der Waals surface area contributed by atoms with Gasteiger partial charge in [-0.1, -0.05) is 0 Å². The molecule has 1 aromatic rings. The molecule has 0 aliphatic heterocycles. The Hall–Kier alpha value is -1.37. The highest BCUT2D eigenvalue weighted by atomic mass is 16.4. The van der Waals surface area contributed by atoms with Crippen molar-refractivity contribution in [2.75, 3.05) is 13.2 Å². The van der Waals surface area contributed by atoms with E-state index in [1.807, 2.05) is 24.2 Å². The Labute approximate surface area is 100 Å². The number of nitrogens with zero attached hydrogens (tertiary/aromatic N) is 1. The van der Waals surface area contributed by atoms with Gasteiger partial charge in [-0.3, -0.25) is 15.1 Å². The number of furan rings is 1. The zero-order chi connectivity index (χ0) is 12.8. The molecule has 0 aliphatic rings. The maximum absolute atomic E-state index is 11.2. The number of carbonyl (C=O) groups is 1. The molecule has 1 aromatic heterocycles. The number of amides is 1. The lowest BCUT2D eigenvalue weighted by molar-refractivity contribution is 0.0919. The lowest BCUT2D eigenvalue weighted by Gasteiger charge is -2.24. The van der Waals surface area contributed by atoms with Gasteiger partial charge in [0.25, 0.3) is 0 Å². The first-order valence-electron chi connectivity index (χ1n) is 5.53. The number of hydrazine groups is 1. The second-order valence-electron chi connectivity index (χ2n) is 4.03. The van der Waals surface area contributed by atoms with E-state index in [0.29, 0.717) is 24.9 Å². The van der Waals surface area contributed by atoms with Crippen LogP contribution in [0.25, 0.3) is 0 Å². The van der Waals surface area contributed by atoms with Crippen LogP contribution in [0.5, 0.6) is 0 Å². The quantitative estimate of drug-likeness (QED) is 0.373. The van der Waals surface area contributed by atoms with E-state index in [0.717, 1.165) is 0 Å². The highest BCUT2D eigenvalue weighted by Crippen LogP contribution is 2.12. The van der Waals surface area contributed by atoms with Gasteiger partial charge in [-0.25, -0.2) is 5.84 Å². The van der Waals surface area contributed by atoms with Crippen molar-refractivity contribution in [3.63, 3.8) is 0 Å². The number of carbonyl (C=O) groups excluding carboxylic acids is 1. The van der Waals surface area contributed by atoms with Gasteiger partial charge in [0.2, 0.25) is 0 Å². The molecule has 96 valence electrons. The molecular formula is C11H19N3O3. The predicted molar refractivity (Wildman–Crippen MR) is 63.0 cm³/mol. The van der Waals surface area contributed by atoms with Gasteiger partial charge >= 0.3 is 5.91 Å². The van der Waals surface area contributed by atoms with E-state index in [4.69, 9.17) is 15.4 Å². The van der Waals surface area contributed by atoms with Crippen molar-refractivity contribution in [2.45, 2.75) is 26.4 Å². The molecule has 1 amide bonds. The third-order valence-corrected chi connectivity index (χ3v) is 2.49. The summed E-state index contributed by atoms with van der Waals surface area (Å²) in [5.74, 6) is 5.42. The highest BCUT2D eigenvalue weighted by Gasteiger charge is 2.14. The second-order valence-corrected chi connectivity index (χ2v) is 4.03. The van der Waals surface area contributed by atoms with Gasteiger partial charge in [0.1, 0.15) is 5.76 Å². The van der Waals surface area contributed by atoms with Crippen molar-refractivity contribution in [2.24, 2.45) is 5.84 Å². The van der Waals surface area contributed by atoms with E-state index >= 15 is 0 Å². The molecule has 17 heavy (non-hydrogen) atoms. The SMILES string of the molecule is CC(C)N(CCO)Cc1ccc(C(=O)NN)o1. The van der Waals surface area contributed by atoms with E-state index in [1.54, 1.807) is 12.1 Å². The minimum Gasteiger partial charge on any atom is -0.455 e. The second kappa shape index (κ2) is 6.39. The molecular weight excluding hydrogens is 222 g/mol. The van der Waals surface area contributed by atoms with Gasteiger partial charge in [-0.05, 0) is 26.0 Å². The van der Waals surface area contributed by atoms with E-state index in [2.05, 4.69) is 0 Å². The number of aliphatic hydroxyl groups is 1. The Bertz CT molecular complexity index is 363. The molecule has 4 N–H and O–H groups in total. The summed E-state index contributed by atoms with van der Waals surface area (Å²) >= 11 is 0. The van der Waals surface area contributed by atoms with Crippen LogP contribution >= 0.6 is 0 Å². The van der Waals surface area contributed by atoms with Crippen molar-refractivity contribution < 1.29 is 14.3 Å². The first-order valence-corrected chi connectivity index (χ1v) is 5.53. The van der Waals surface area contributed by atoms with Crippen molar-refractivity contribution in [1.29, 1.82) is 0 Å². The number of hydrogen-bond acceptors (Lipinski definition) is 5. The summed E-state index contributed by atoms with van der Waals surface area (Å²) < 4.78 is 5.35. The Morgan fingerprint density at radius 3 is 2.82 bits per heavy atom. The lowest BCUT2D eigenvalue weighted by Crippen LogP contribution is -2.32. The fourth-order valence-electron chi connectivity index (χ4n) is 1.50. The number of rotatable bonds is 6. The average Bonchev–Trinajstić information content (AvgIpc) is 2.76. The normalized spacial score (nSPS) is 11.2. The number of nitrogen functional groups attached to an aromatic ring is 1. The number of hydrogen-bond donors (Lipinski definition) is 3. The Morgan fingerprint density at radius 2 is 2.29 bits per heavy atom. The van der Waals surface area contributed by atoms with E-state index < -0.39 is 5.91 Å². The van der Waals surface area contributed by atoms with Crippen LogP contribution in [0.3, 0.4) is 0 Å². The number of nitrogens with one attached hydrogen (secondary N) is 1. The summed E-state index contributed by atoms with van der Waals surface area (Å²) in [5, 5.41) is 8.94. The molecule has 0 bridgehead atoms.